The first-order valence-electron chi connectivity index (χ1n) is 6.96. The molecule has 1 amide bonds. The van der Waals surface area contributed by atoms with Crippen LogP contribution in [0.1, 0.15) is 26.2 Å². The summed E-state index contributed by atoms with van der Waals surface area (Å²) in [5.74, 6) is 0.167. The molecule has 2 unspecified atom stereocenters. The van der Waals surface area contributed by atoms with Crippen molar-refractivity contribution in [1.82, 2.24) is 10.6 Å². The fourth-order valence-electron chi connectivity index (χ4n) is 2.26. The lowest BCUT2D eigenvalue weighted by Gasteiger charge is -2.14. The van der Waals surface area contributed by atoms with E-state index < -0.39 is 0 Å². The number of amides is 1. The third-order valence-corrected chi connectivity index (χ3v) is 4.37. The Bertz CT molecular complexity index is 396. The fourth-order valence-corrected chi connectivity index (χ4v) is 3.20. The van der Waals surface area contributed by atoms with Crippen molar-refractivity contribution < 1.29 is 4.79 Å². The predicted molar refractivity (Wildman–Crippen MR) is 87.7 cm³/mol. The number of hydrogen-bond acceptors (Lipinski definition) is 3. The lowest BCUT2D eigenvalue weighted by atomic mass is 10.1. The van der Waals surface area contributed by atoms with Crippen LogP contribution in [0, 0.1) is 0 Å². The highest BCUT2D eigenvalue weighted by Gasteiger charge is 2.17. The quantitative estimate of drug-likeness (QED) is 0.793. The minimum Gasteiger partial charge on any atom is -0.355 e. The summed E-state index contributed by atoms with van der Waals surface area (Å²) in [7, 11) is 0. The Morgan fingerprint density at radius 2 is 2.20 bits per heavy atom. The van der Waals surface area contributed by atoms with E-state index in [9.17, 15) is 4.79 Å². The Balaban J connectivity index is 0.00000200. The van der Waals surface area contributed by atoms with Gasteiger partial charge in [0.05, 0.1) is 0 Å². The van der Waals surface area contributed by atoms with Crippen molar-refractivity contribution in [3.05, 3.63) is 30.3 Å². The minimum atomic E-state index is 0. The van der Waals surface area contributed by atoms with Crippen LogP contribution in [0.5, 0.6) is 0 Å². The summed E-state index contributed by atoms with van der Waals surface area (Å²) in [5.41, 5.74) is 0. The van der Waals surface area contributed by atoms with Crippen LogP contribution in [0.4, 0.5) is 0 Å². The van der Waals surface area contributed by atoms with E-state index in [-0.39, 0.29) is 18.3 Å². The van der Waals surface area contributed by atoms with Crippen LogP contribution in [0.15, 0.2) is 35.2 Å². The van der Waals surface area contributed by atoms with Gasteiger partial charge in [-0.1, -0.05) is 25.1 Å². The third-order valence-electron chi connectivity index (χ3n) is 3.26. The van der Waals surface area contributed by atoms with E-state index in [1.807, 2.05) is 18.2 Å². The molecule has 2 rings (SSSR count). The van der Waals surface area contributed by atoms with Crippen molar-refractivity contribution in [2.45, 2.75) is 42.4 Å². The Morgan fingerprint density at radius 3 is 2.85 bits per heavy atom. The van der Waals surface area contributed by atoms with Crippen LogP contribution in [-0.2, 0) is 4.79 Å². The summed E-state index contributed by atoms with van der Waals surface area (Å²) in [6.07, 6.45) is 2.93. The normalized spacial score (nSPS) is 19.1. The molecule has 0 saturated carbocycles. The highest BCUT2D eigenvalue weighted by atomic mass is 35.5. The average Bonchev–Trinajstić information content (AvgIpc) is 2.90. The number of benzene rings is 1. The summed E-state index contributed by atoms with van der Waals surface area (Å²) >= 11 is 1.80. The van der Waals surface area contributed by atoms with Crippen LogP contribution in [-0.4, -0.2) is 30.3 Å². The van der Waals surface area contributed by atoms with Gasteiger partial charge in [0, 0.05) is 29.2 Å². The summed E-state index contributed by atoms with van der Waals surface area (Å²) in [6, 6.07) is 10.7. The molecule has 2 atom stereocenters. The van der Waals surface area contributed by atoms with E-state index in [4.69, 9.17) is 0 Å². The monoisotopic (exact) mass is 314 g/mol. The lowest BCUT2D eigenvalue weighted by molar-refractivity contribution is -0.121. The summed E-state index contributed by atoms with van der Waals surface area (Å²) in [6.45, 7) is 3.93. The van der Waals surface area contributed by atoms with Gasteiger partial charge in [0.25, 0.3) is 0 Å². The molecule has 1 aliphatic rings. The maximum atomic E-state index is 11.8. The SMILES string of the molecule is CC(CNC(=O)CC1CCCN1)Sc1ccccc1.Cl. The number of carbonyl (C=O) groups is 1. The first-order valence-corrected chi connectivity index (χ1v) is 7.84. The van der Waals surface area contributed by atoms with Gasteiger partial charge < -0.3 is 10.6 Å². The lowest BCUT2D eigenvalue weighted by Crippen LogP contribution is -2.34. The van der Waals surface area contributed by atoms with Gasteiger partial charge in [-0.2, -0.15) is 0 Å². The minimum absolute atomic E-state index is 0. The van der Waals surface area contributed by atoms with Crippen LogP contribution in [0.3, 0.4) is 0 Å². The van der Waals surface area contributed by atoms with Gasteiger partial charge >= 0.3 is 0 Å². The molecule has 2 N–H and O–H groups in total. The number of nitrogens with one attached hydrogen (secondary N) is 2. The van der Waals surface area contributed by atoms with E-state index in [0.29, 0.717) is 17.7 Å². The van der Waals surface area contributed by atoms with Crippen molar-refractivity contribution in [3.63, 3.8) is 0 Å². The summed E-state index contributed by atoms with van der Waals surface area (Å²) in [5, 5.41) is 6.77. The average molecular weight is 315 g/mol. The fraction of sp³-hybridized carbons (Fsp3) is 0.533. The van der Waals surface area contributed by atoms with Crippen molar-refractivity contribution in [3.8, 4) is 0 Å². The molecule has 1 heterocycles. The Hall–Kier alpha value is -0.710. The van der Waals surface area contributed by atoms with Crippen molar-refractivity contribution in [2.24, 2.45) is 0 Å². The molecule has 20 heavy (non-hydrogen) atoms. The Morgan fingerprint density at radius 1 is 1.45 bits per heavy atom. The van der Waals surface area contributed by atoms with Gasteiger partial charge in [-0.25, -0.2) is 0 Å². The maximum Gasteiger partial charge on any atom is 0.221 e. The first-order chi connectivity index (χ1) is 9.24. The molecule has 0 bridgehead atoms. The maximum absolute atomic E-state index is 11.8. The van der Waals surface area contributed by atoms with E-state index in [1.165, 1.54) is 11.3 Å². The third kappa shape index (κ3) is 6.16. The van der Waals surface area contributed by atoms with Crippen LogP contribution in [0.2, 0.25) is 0 Å². The zero-order chi connectivity index (χ0) is 13.5. The number of halogens is 1. The molecule has 1 aliphatic heterocycles. The molecule has 0 aromatic heterocycles. The van der Waals surface area contributed by atoms with Gasteiger partial charge in [0.1, 0.15) is 0 Å². The number of hydrogen-bond donors (Lipinski definition) is 2. The molecule has 1 aromatic rings. The molecule has 0 radical (unpaired) electrons. The number of carbonyl (C=O) groups excluding carboxylic acids is 1. The molecule has 1 saturated heterocycles. The highest BCUT2D eigenvalue weighted by Crippen LogP contribution is 2.21. The Kier molecular flexibility index (Phi) is 8.04. The Labute approximate surface area is 131 Å². The van der Waals surface area contributed by atoms with Crippen molar-refractivity contribution in [1.29, 1.82) is 0 Å². The summed E-state index contributed by atoms with van der Waals surface area (Å²) < 4.78 is 0. The zero-order valence-corrected chi connectivity index (χ0v) is 13.4. The standard InChI is InChI=1S/C15H22N2OS.ClH/c1-12(19-14-7-3-2-4-8-14)11-17-15(18)10-13-6-5-9-16-13;/h2-4,7-8,12-13,16H,5-6,9-11H2,1H3,(H,17,18);1H. The molecule has 0 spiro atoms. The molecule has 1 aromatic carbocycles. The molecule has 0 aliphatic carbocycles. The van der Waals surface area contributed by atoms with Gasteiger partial charge in [0.2, 0.25) is 5.91 Å². The van der Waals surface area contributed by atoms with E-state index in [0.717, 1.165) is 19.5 Å². The van der Waals surface area contributed by atoms with E-state index in [2.05, 4.69) is 29.7 Å². The van der Waals surface area contributed by atoms with Gasteiger partial charge in [-0.05, 0) is 31.5 Å². The highest BCUT2D eigenvalue weighted by molar-refractivity contribution is 8.00. The largest absolute Gasteiger partial charge is 0.355 e. The zero-order valence-electron chi connectivity index (χ0n) is 11.8. The molecular weight excluding hydrogens is 292 g/mol. The molecule has 1 fully saturated rings. The van der Waals surface area contributed by atoms with E-state index in [1.54, 1.807) is 11.8 Å². The topological polar surface area (TPSA) is 41.1 Å². The van der Waals surface area contributed by atoms with Crippen LogP contribution >= 0.6 is 24.2 Å². The predicted octanol–water partition coefficient (Wildman–Crippen LogP) is 2.85. The van der Waals surface area contributed by atoms with Crippen LogP contribution < -0.4 is 10.6 Å². The first kappa shape index (κ1) is 17.3. The second kappa shape index (κ2) is 9.27. The van der Waals surface area contributed by atoms with Crippen LogP contribution in [0.25, 0.3) is 0 Å². The molecular formula is C15H23ClN2OS. The van der Waals surface area contributed by atoms with Crippen molar-refractivity contribution >= 4 is 30.1 Å². The second-order valence-corrected chi connectivity index (χ2v) is 6.55. The molecule has 112 valence electrons. The smallest absolute Gasteiger partial charge is 0.221 e. The molecule has 3 nitrogen and oxygen atoms in total. The number of rotatable bonds is 6. The van der Waals surface area contributed by atoms with E-state index >= 15 is 0 Å². The van der Waals surface area contributed by atoms with Gasteiger partial charge in [-0.15, -0.1) is 24.2 Å². The summed E-state index contributed by atoms with van der Waals surface area (Å²) in [4.78, 5) is 13.0. The second-order valence-electron chi connectivity index (χ2n) is 5.04. The van der Waals surface area contributed by atoms with Gasteiger partial charge in [0.15, 0.2) is 0 Å². The van der Waals surface area contributed by atoms with Gasteiger partial charge in [-0.3, -0.25) is 4.79 Å². The number of thioether (sulfide) groups is 1. The molecule has 5 heteroatoms. The van der Waals surface area contributed by atoms with Crippen molar-refractivity contribution in [2.75, 3.05) is 13.1 Å².